The molecule has 0 saturated carbocycles. The zero-order valence-electron chi connectivity index (χ0n) is 18.4. The van der Waals surface area contributed by atoms with Crippen LogP contribution >= 0.6 is 0 Å². The molecule has 4 aromatic heterocycles. The third kappa shape index (κ3) is 4.49. The molecule has 0 radical (unpaired) electrons. The quantitative estimate of drug-likeness (QED) is 0.430. The molecule has 0 amide bonds. The van der Waals surface area contributed by atoms with Crippen molar-refractivity contribution in [1.29, 1.82) is 0 Å². The molecule has 32 heavy (non-hydrogen) atoms. The normalized spacial score (nSPS) is 17.0. The number of piperidine rings is 1. The molecule has 9 nitrogen and oxygen atoms in total. The summed E-state index contributed by atoms with van der Waals surface area (Å²) in [5, 5.41) is 21.4. The lowest BCUT2D eigenvalue weighted by atomic mass is 10.1. The summed E-state index contributed by atoms with van der Waals surface area (Å²) >= 11 is 0. The Bertz CT molecular complexity index is 1220. The van der Waals surface area contributed by atoms with Gasteiger partial charge < -0.3 is 15.7 Å². The number of nitrogens with one attached hydrogen (secondary N) is 2. The highest BCUT2D eigenvalue weighted by Gasteiger charge is 2.16. The molecule has 1 atom stereocenters. The second-order valence-electron chi connectivity index (χ2n) is 8.98. The van der Waals surface area contributed by atoms with Crippen LogP contribution in [0.3, 0.4) is 0 Å². The van der Waals surface area contributed by atoms with Gasteiger partial charge in [-0.15, -0.1) is 0 Å². The molecule has 5 heterocycles. The minimum absolute atomic E-state index is 0.393. The van der Waals surface area contributed by atoms with Crippen molar-refractivity contribution in [1.82, 2.24) is 34.4 Å². The van der Waals surface area contributed by atoms with Gasteiger partial charge in [0.15, 0.2) is 5.65 Å². The highest BCUT2D eigenvalue weighted by atomic mass is 16.3. The highest BCUT2D eigenvalue weighted by Crippen LogP contribution is 2.24. The molecule has 1 unspecified atom stereocenters. The van der Waals surface area contributed by atoms with Gasteiger partial charge in [-0.1, -0.05) is 6.07 Å². The highest BCUT2D eigenvalue weighted by molar-refractivity contribution is 5.64. The molecule has 5 rings (SSSR count). The minimum Gasteiger partial charge on any atom is -0.389 e. The molecule has 3 N–H and O–H groups in total. The molecule has 0 aliphatic carbocycles. The van der Waals surface area contributed by atoms with Gasteiger partial charge in [-0.3, -0.25) is 14.1 Å². The van der Waals surface area contributed by atoms with E-state index in [1.807, 2.05) is 41.2 Å². The summed E-state index contributed by atoms with van der Waals surface area (Å²) in [4.78, 5) is 13.9. The van der Waals surface area contributed by atoms with Gasteiger partial charge in [0.25, 0.3) is 0 Å². The standard InChI is InChI=1S/C23H28N8O/c1-23(2,32)15-30-13-16(9-27-30)19-14-31-20(11-26-22(31)12-25-19)18-6-3-7-21(29-18)28-17-5-4-8-24-10-17/h3,6-7,9,11-14,17,24,32H,4-5,8,10,15H2,1-2H3,(H,28,29). The van der Waals surface area contributed by atoms with Crippen LogP contribution in [0.2, 0.25) is 0 Å². The number of pyridine rings is 1. The summed E-state index contributed by atoms with van der Waals surface area (Å²) in [6.07, 6.45) is 11.5. The second kappa shape index (κ2) is 8.33. The fraction of sp³-hybridized carbons (Fsp3) is 0.391. The lowest BCUT2D eigenvalue weighted by Crippen LogP contribution is -2.38. The van der Waals surface area contributed by atoms with Crippen LogP contribution < -0.4 is 10.6 Å². The third-order valence-electron chi connectivity index (χ3n) is 5.53. The summed E-state index contributed by atoms with van der Waals surface area (Å²) in [6.45, 7) is 5.97. The summed E-state index contributed by atoms with van der Waals surface area (Å²) in [5.41, 5.74) is 3.32. The first-order valence-electron chi connectivity index (χ1n) is 11.0. The molecule has 1 saturated heterocycles. The van der Waals surface area contributed by atoms with Crippen molar-refractivity contribution < 1.29 is 5.11 Å². The van der Waals surface area contributed by atoms with E-state index in [0.29, 0.717) is 12.6 Å². The summed E-state index contributed by atoms with van der Waals surface area (Å²) in [5.74, 6) is 0.869. The topological polar surface area (TPSA) is 105 Å². The van der Waals surface area contributed by atoms with E-state index in [9.17, 15) is 5.11 Å². The van der Waals surface area contributed by atoms with Crippen molar-refractivity contribution in [2.45, 2.75) is 44.9 Å². The molecule has 1 fully saturated rings. The number of hydrogen-bond acceptors (Lipinski definition) is 7. The van der Waals surface area contributed by atoms with Crippen LogP contribution in [-0.4, -0.2) is 59.0 Å². The first kappa shape index (κ1) is 20.6. The van der Waals surface area contributed by atoms with Crippen molar-refractivity contribution in [3.63, 3.8) is 0 Å². The van der Waals surface area contributed by atoms with Crippen molar-refractivity contribution in [3.05, 3.63) is 49.2 Å². The molecule has 0 bridgehead atoms. The van der Waals surface area contributed by atoms with Gasteiger partial charge in [0.1, 0.15) is 5.82 Å². The van der Waals surface area contributed by atoms with Crippen LogP contribution in [0.15, 0.2) is 49.2 Å². The minimum atomic E-state index is -0.837. The first-order valence-corrected chi connectivity index (χ1v) is 11.0. The van der Waals surface area contributed by atoms with Crippen molar-refractivity contribution >= 4 is 11.5 Å². The maximum absolute atomic E-state index is 10.0. The van der Waals surface area contributed by atoms with E-state index in [4.69, 9.17) is 4.98 Å². The molecule has 1 aliphatic heterocycles. The van der Waals surface area contributed by atoms with Gasteiger partial charge in [-0.25, -0.2) is 9.97 Å². The summed E-state index contributed by atoms with van der Waals surface area (Å²) in [7, 11) is 0. The molecule has 1 aliphatic rings. The summed E-state index contributed by atoms with van der Waals surface area (Å²) < 4.78 is 3.73. The average molecular weight is 433 g/mol. The number of rotatable bonds is 6. The Morgan fingerprint density at radius 1 is 1.16 bits per heavy atom. The van der Waals surface area contributed by atoms with Crippen molar-refractivity contribution in [3.8, 4) is 22.6 Å². The van der Waals surface area contributed by atoms with Crippen LogP contribution in [0.5, 0.6) is 0 Å². The van der Waals surface area contributed by atoms with E-state index < -0.39 is 5.60 Å². The molecular weight excluding hydrogens is 404 g/mol. The van der Waals surface area contributed by atoms with Gasteiger partial charge in [-0.2, -0.15) is 5.10 Å². The molecule has 0 aromatic carbocycles. The Morgan fingerprint density at radius 3 is 2.88 bits per heavy atom. The largest absolute Gasteiger partial charge is 0.389 e. The Hall–Kier alpha value is -3.30. The lowest BCUT2D eigenvalue weighted by molar-refractivity contribution is 0.0577. The van der Waals surface area contributed by atoms with Gasteiger partial charge in [0.05, 0.1) is 47.8 Å². The predicted molar refractivity (Wildman–Crippen MR) is 123 cm³/mol. The van der Waals surface area contributed by atoms with E-state index in [1.54, 1.807) is 30.9 Å². The zero-order chi connectivity index (χ0) is 22.1. The van der Waals surface area contributed by atoms with E-state index in [0.717, 1.165) is 53.6 Å². The van der Waals surface area contributed by atoms with Crippen molar-refractivity contribution in [2.75, 3.05) is 18.4 Å². The monoisotopic (exact) mass is 432 g/mol. The average Bonchev–Trinajstić information content (AvgIpc) is 3.40. The number of anilines is 1. The molecule has 0 spiro atoms. The Kier molecular flexibility index (Phi) is 5.36. The first-order chi connectivity index (χ1) is 15.4. The fourth-order valence-corrected chi connectivity index (χ4v) is 4.05. The van der Waals surface area contributed by atoms with Gasteiger partial charge in [-0.05, 0) is 45.4 Å². The van der Waals surface area contributed by atoms with Gasteiger partial charge in [0.2, 0.25) is 0 Å². The van der Waals surface area contributed by atoms with Crippen LogP contribution in [0.1, 0.15) is 26.7 Å². The van der Waals surface area contributed by atoms with E-state index >= 15 is 0 Å². The number of aliphatic hydroxyl groups is 1. The summed E-state index contributed by atoms with van der Waals surface area (Å²) in [6, 6.07) is 6.41. The van der Waals surface area contributed by atoms with E-state index in [2.05, 4.69) is 25.7 Å². The van der Waals surface area contributed by atoms with Crippen LogP contribution in [0, 0.1) is 0 Å². The van der Waals surface area contributed by atoms with Gasteiger partial charge in [0, 0.05) is 30.5 Å². The fourth-order valence-electron chi connectivity index (χ4n) is 4.05. The maximum Gasteiger partial charge on any atom is 0.155 e. The smallest absolute Gasteiger partial charge is 0.155 e. The molecule has 4 aromatic rings. The van der Waals surface area contributed by atoms with Crippen molar-refractivity contribution in [2.24, 2.45) is 0 Å². The van der Waals surface area contributed by atoms with E-state index in [1.165, 1.54) is 6.42 Å². The third-order valence-corrected chi connectivity index (χ3v) is 5.53. The Balaban J connectivity index is 1.44. The molecular formula is C23H28N8O. The lowest BCUT2D eigenvalue weighted by Gasteiger charge is -2.24. The number of nitrogens with zero attached hydrogens (tertiary/aromatic N) is 6. The Morgan fingerprint density at radius 2 is 2.06 bits per heavy atom. The predicted octanol–water partition coefficient (Wildman–Crippen LogP) is 2.59. The van der Waals surface area contributed by atoms with Crippen LogP contribution in [-0.2, 0) is 6.54 Å². The molecule has 166 valence electrons. The van der Waals surface area contributed by atoms with Crippen LogP contribution in [0.25, 0.3) is 28.3 Å². The number of fused-ring (bicyclic) bond motifs is 1. The zero-order valence-corrected chi connectivity index (χ0v) is 18.4. The van der Waals surface area contributed by atoms with Crippen LogP contribution in [0.4, 0.5) is 5.82 Å². The maximum atomic E-state index is 10.0. The second-order valence-corrected chi connectivity index (χ2v) is 8.98. The van der Waals surface area contributed by atoms with E-state index in [-0.39, 0.29) is 0 Å². The molecule has 9 heteroatoms. The van der Waals surface area contributed by atoms with Gasteiger partial charge >= 0.3 is 0 Å². The number of imidazole rings is 1. The Labute approximate surface area is 186 Å². The number of hydrogen-bond donors (Lipinski definition) is 3. The SMILES string of the molecule is CC(C)(O)Cn1cc(-c2cn3c(-c4cccc(NC5CCCNC5)n4)cnc3cn2)cn1. The number of aromatic nitrogens is 6.